The Bertz CT molecular complexity index is 922. The maximum atomic E-state index is 12.5. The lowest BCUT2D eigenvalue weighted by molar-refractivity contribution is -0.123. The van der Waals surface area contributed by atoms with Gasteiger partial charge in [0.2, 0.25) is 0 Å². The van der Waals surface area contributed by atoms with E-state index in [-0.39, 0.29) is 11.3 Å². The second-order valence-electron chi connectivity index (χ2n) is 7.24. The van der Waals surface area contributed by atoms with Crippen LogP contribution in [0.3, 0.4) is 0 Å². The molecule has 2 aromatic rings. The average Bonchev–Trinajstić information content (AvgIpc) is 2.71. The van der Waals surface area contributed by atoms with Gasteiger partial charge in [-0.15, -0.1) is 0 Å². The van der Waals surface area contributed by atoms with Crippen molar-refractivity contribution < 1.29 is 28.6 Å². The van der Waals surface area contributed by atoms with Crippen molar-refractivity contribution in [2.75, 3.05) is 19.0 Å². The highest BCUT2D eigenvalue weighted by Gasteiger charge is 2.20. The maximum absolute atomic E-state index is 12.5. The van der Waals surface area contributed by atoms with Crippen LogP contribution in [0.15, 0.2) is 42.5 Å². The lowest BCUT2D eigenvalue weighted by Crippen LogP contribution is -2.30. The number of amides is 1. The molecule has 0 saturated carbocycles. The summed E-state index contributed by atoms with van der Waals surface area (Å²) in [6.07, 6.45) is -1.04. The molecule has 2 rings (SSSR count). The van der Waals surface area contributed by atoms with E-state index in [9.17, 15) is 14.4 Å². The summed E-state index contributed by atoms with van der Waals surface area (Å²) in [5.41, 5.74) is 1.16. The summed E-state index contributed by atoms with van der Waals surface area (Å²) in [5, 5.41) is 2.64. The van der Waals surface area contributed by atoms with Gasteiger partial charge >= 0.3 is 5.97 Å². The lowest BCUT2D eigenvalue weighted by atomic mass is 10.1. The quantitative estimate of drug-likeness (QED) is 0.491. The molecule has 7 heteroatoms. The van der Waals surface area contributed by atoms with E-state index in [0.29, 0.717) is 35.3 Å². The van der Waals surface area contributed by atoms with Gasteiger partial charge in [-0.2, -0.15) is 0 Å². The van der Waals surface area contributed by atoms with Crippen LogP contribution in [0.25, 0.3) is 0 Å². The highest BCUT2D eigenvalue weighted by molar-refractivity contribution is 5.99. The molecule has 0 bridgehead atoms. The van der Waals surface area contributed by atoms with Crippen LogP contribution in [0.4, 0.5) is 5.69 Å². The number of ether oxygens (including phenoxy) is 3. The summed E-state index contributed by atoms with van der Waals surface area (Å²) >= 11 is 0. The Balaban J connectivity index is 2.03. The van der Waals surface area contributed by atoms with Crippen molar-refractivity contribution in [2.45, 2.75) is 33.8 Å². The highest BCUT2D eigenvalue weighted by atomic mass is 16.5. The molecule has 1 amide bonds. The molecule has 0 unspecified atom stereocenters. The topological polar surface area (TPSA) is 90.9 Å². The van der Waals surface area contributed by atoms with Crippen molar-refractivity contribution in [3.8, 4) is 11.5 Å². The first kappa shape index (κ1) is 22.9. The molecule has 0 aliphatic carbocycles. The fourth-order valence-electron chi connectivity index (χ4n) is 2.51. The SMILES string of the molecule is COc1cc(C(=O)O[C@@H](C)C(=O)Nc2cccc(C(C)=O)c2)ccc1OCC(C)C. The first-order valence-corrected chi connectivity index (χ1v) is 9.65. The second-order valence-corrected chi connectivity index (χ2v) is 7.24. The molecule has 1 N–H and O–H groups in total. The van der Waals surface area contributed by atoms with Crippen molar-refractivity contribution >= 4 is 23.3 Å². The summed E-state index contributed by atoms with van der Waals surface area (Å²) in [4.78, 5) is 36.3. The molecule has 2 aromatic carbocycles. The summed E-state index contributed by atoms with van der Waals surface area (Å²) in [7, 11) is 1.48. The van der Waals surface area contributed by atoms with Crippen molar-refractivity contribution in [3.05, 3.63) is 53.6 Å². The average molecular weight is 413 g/mol. The van der Waals surface area contributed by atoms with Crippen LogP contribution in [0.5, 0.6) is 11.5 Å². The minimum absolute atomic E-state index is 0.111. The van der Waals surface area contributed by atoms with Gasteiger partial charge < -0.3 is 19.5 Å². The first-order chi connectivity index (χ1) is 14.2. The van der Waals surface area contributed by atoms with Crippen LogP contribution in [0.1, 0.15) is 48.4 Å². The molecule has 0 heterocycles. The van der Waals surface area contributed by atoms with E-state index in [1.807, 2.05) is 13.8 Å². The van der Waals surface area contributed by atoms with Gasteiger partial charge in [-0.3, -0.25) is 9.59 Å². The Hall–Kier alpha value is -3.35. The predicted octanol–water partition coefficient (Wildman–Crippen LogP) is 4.12. The van der Waals surface area contributed by atoms with Gasteiger partial charge in [-0.25, -0.2) is 4.79 Å². The lowest BCUT2D eigenvalue weighted by Gasteiger charge is -2.15. The number of ketones is 1. The smallest absolute Gasteiger partial charge is 0.339 e. The van der Waals surface area contributed by atoms with E-state index >= 15 is 0 Å². The van der Waals surface area contributed by atoms with Crippen LogP contribution in [0, 0.1) is 5.92 Å². The molecule has 160 valence electrons. The molecular formula is C23H27NO6. The number of nitrogens with one attached hydrogen (secondary N) is 1. The summed E-state index contributed by atoms with van der Waals surface area (Å²) in [6.45, 7) is 7.49. The van der Waals surface area contributed by atoms with Crippen molar-refractivity contribution in [2.24, 2.45) is 5.92 Å². The number of benzene rings is 2. The number of hydrogen-bond donors (Lipinski definition) is 1. The molecule has 0 spiro atoms. The van der Waals surface area contributed by atoms with Gasteiger partial charge in [0.1, 0.15) is 0 Å². The number of carbonyl (C=O) groups excluding carboxylic acids is 3. The fraction of sp³-hybridized carbons (Fsp3) is 0.348. The third-order valence-corrected chi connectivity index (χ3v) is 4.16. The molecule has 7 nitrogen and oxygen atoms in total. The van der Waals surface area contributed by atoms with Crippen LogP contribution >= 0.6 is 0 Å². The fourth-order valence-corrected chi connectivity index (χ4v) is 2.51. The van der Waals surface area contributed by atoms with E-state index < -0.39 is 18.0 Å². The summed E-state index contributed by atoms with van der Waals surface area (Å²) in [6, 6.07) is 11.2. The van der Waals surface area contributed by atoms with Crippen molar-refractivity contribution in [1.29, 1.82) is 0 Å². The van der Waals surface area contributed by atoms with Gasteiger partial charge in [0.15, 0.2) is 23.4 Å². The van der Waals surface area contributed by atoms with Gasteiger partial charge in [0.25, 0.3) is 5.91 Å². The van der Waals surface area contributed by atoms with Crippen LogP contribution in [0.2, 0.25) is 0 Å². The van der Waals surface area contributed by atoms with Gasteiger partial charge in [-0.1, -0.05) is 26.0 Å². The summed E-state index contributed by atoms with van der Waals surface area (Å²) < 4.78 is 16.2. The predicted molar refractivity (Wildman–Crippen MR) is 113 cm³/mol. The van der Waals surface area contributed by atoms with Crippen LogP contribution in [-0.4, -0.2) is 37.5 Å². The Morgan fingerprint density at radius 1 is 0.967 bits per heavy atom. The van der Waals surface area contributed by atoms with Crippen molar-refractivity contribution in [3.63, 3.8) is 0 Å². The van der Waals surface area contributed by atoms with E-state index in [4.69, 9.17) is 14.2 Å². The molecule has 0 saturated heterocycles. The second kappa shape index (κ2) is 10.4. The van der Waals surface area contributed by atoms with Crippen LogP contribution < -0.4 is 14.8 Å². The normalized spacial score (nSPS) is 11.5. The minimum Gasteiger partial charge on any atom is -0.493 e. The monoisotopic (exact) mass is 413 g/mol. The number of Topliss-reactive ketones (excluding diaryl/α,β-unsaturated/α-hetero) is 1. The highest BCUT2D eigenvalue weighted by Crippen LogP contribution is 2.29. The molecule has 0 radical (unpaired) electrons. The van der Waals surface area contributed by atoms with Gasteiger partial charge in [0, 0.05) is 11.3 Å². The zero-order valence-corrected chi connectivity index (χ0v) is 17.9. The number of hydrogen-bond acceptors (Lipinski definition) is 6. The molecule has 0 fully saturated rings. The van der Waals surface area contributed by atoms with Crippen LogP contribution in [-0.2, 0) is 9.53 Å². The third kappa shape index (κ3) is 6.34. The Kier molecular flexibility index (Phi) is 7.98. The first-order valence-electron chi connectivity index (χ1n) is 9.65. The Morgan fingerprint density at radius 3 is 2.33 bits per heavy atom. The standard InChI is InChI=1S/C23H27NO6/c1-14(2)13-29-20-10-9-18(12-21(20)28-5)23(27)30-16(4)22(26)24-19-8-6-7-17(11-19)15(3)25/h6-12,14,16H,13H2,1-5H3,(H,24,26)/t16-/m0/s1. The largest absolute Gasteiger partial charge is 0.493 e. The van der Waals surface area contributed by atoms with E-state index in [1.165, 1.54) is 27.0 Å². The van der Waals surface area contributed by atoms with E-state index in [0.717, 1.165) is 0 Å². The molecule has 0 aromatic heterocycles. The molecule has 30 heavy (non-hydrogen) atoms. The molecule has 1 atom stereocenters. The van der Waals surface area contributed by atoms with Gasteiger partial charge in [-0.05, 0) is 50.1 Å². The Morgan fingerprint density at radius 2 is 1.70 bits per heavy atom. The molecular weight excluding hydrogens is 386 g/mol. The zero-order chi connectivity index (χ0) is 22.3. The number of anilines is 1. The number of rotatable bonds is 9. The van der Waals surface area contributed by atoms with Crippen molar-refractivity contribution in [1.82, 2.24) is 0 Å². The number of carbonyl (C=O) groups is 3. The van der Waals surface area contributed by atoms with Gasteiger partial charge in [0.05, 0.1) is 19.3 Å². The Labute approximate surface area is 176 Å². The zero-order valence-electron chi connectivity index (χ0n) is 17.9. The number of esters is 1. The summed E-state index contributed by atoms with van der Waals surface area (Å²) in [5.74, 6) is -0.00547. The molecule has 0 aliphatic heterocycles. The maximum Gasteiger partial charge on any atom is 0.339 e. The van der Waals surface area contributed by atoms with E-state index in [1.54, 1.807) is 36.4 Å². The van der Waals surface area contributed by atoms with E-state index in [2.05, 4.69) is 5.32 Å². The third-order valence-electron chi connectivity index (χ3n) is 4.16. The number of methoxy groups -OCH3 is 1. The molecule has 0 aliphatic rings. The minimum atomic E-state index is -1.04.